The van der Waals surface area contributed by atoms with Crippen LogP contribution in [0.2, 0.25) is 0 Å². The van der Waals surface area contributed by atoms with Gasteiger partial charge < -0.3 is 0 Å². The fraction of sp³-hybridized carbons (Fsp3) is 0.385. The van der Waals surface area contributed by atoms with E-state index in [1.165, 1.54) is 4.90 Å². The van der Waals surface area contributed by atoms with Gasteiger partial charge in [0.15, 0.2) is 0 Å². The van der Waals surface area contributed by atoms with Gasteiger partial charge >= 0.3 is 0 Å². The van der Waals surface area contributed by atoms with E-state index in [2.05, 4.69) is 22.6 Å². The largest absolute Gasteiger partial charge is 0.272 e. The van der Waals surface area contributed by atoms with Gasteiger partial charge in [0.2, 0.25) is 0 Å². The number of imide groups is 1. The number of fused-ring (bicyclic) bond motifs is 1. The normalized spacial score (nSPS) is 16.2. The second-order valence-electron chi connectivity index (χ2n) is 4.21. The van der Waals surface area contributed by atoms with E-state index in [-0.39, 0.29) is 17.9 Å². The van der Waals surface area contributed by atoms with Crippen LogP contribution < -0.4 is 0 Å². The molecule has 0 saturated carbocycles. The molecule has 0 unspecified atom stereocenters. The Bertz CT molecular complexity index is 423. The smallest absolute Gasteiger partial charge is 0.261 e. The minimum absolute atomic E-state index is 0.0165. The lowest BCUT2D eigenvalue weighted by Crippen LogP contribution is -2.37. The number of nitrogens with zero attached hydrogens (tertiary/aromatic N) is 1. The Morgan fingerprint density at radius 3 is 2.18 bits per heavy atom. The van der Waals surface area contributed by atoms with Gasteiger partial charge in [-0.1, -0.05) is 34.7 Å². The molecule has 17 heavy (non-hydrogen) atoms. The van der Waals surface area contributed by atoms with E-state index in [1.54, 1.807) is 24.3 Å². The molecule has 0 saturated heterocycles. The summed E-state index contributed by atoms with van der Waals surface area (Å²) in [4.78, 5) is 25.6. The number of amides is 2. The molecule has 1 aliphatic rings. The highest BCUT2D eigenvalue weighted by Gasteiger charge is 2.37. The quantitative estimate of drug-likeness (QED) is 0.479. The molecule has 0 N–H and O–H groups in total. The van der Waals surface area contributed by atoms with Gasteiger partial charge in [-0.15, -0.1) is 0 Å². The Morgan fingerprint density at radius 1 is 1.18 bits per heavy atom. The monoisotopic (exact) mass is 343 g/mol. The van der Waals surface area contributed by atoms with Crippen molar-refractivity contribution in [3.8, 4) is 0 Å². The van der Waals surface area contributed by atoms with Gasteiger partial charge in [0.1, 0.15) is 0 Å². The molecule has 1 aromatic carbocycles. The summed E-state index contributed by atoms with van der Waals surface area (Å²) in [6.07, 6.45) is 1.89. The highest BCUT2D eigenvalue weighted by molar-refractivity contribution is 14.1. The van der Waals surface area contributed by atoms with Gasteiger partial charge in [-0.05, 0) is 36.3 Å². The van der Waals surface area contributed by atoms with Crippen molar-refractivity contribution in [3.05, 3.63) is 35.4 Å². The Kier molecular flexibility index (Phi) is 3.81. The molecule has 0 bridgehead atoms. The zero-order valence-electron chi connectivity index (χ0n) is 9.65. The third kappa shape index (κ3) is 2.22. The van der Waals surface area contributed by atoms with Crippen molar-refractivity contribution in [3.63, 3.8) is 0 Å². The Hall–Kier alpha value is -0.910. The topological polar surface area (TPSA) is 37.4 Å². The number of alkyl halides is 1. The van der Waals surface area contributed by atoms with Crippen LogP contribution >= 0.6 is 22.6 Å². The summed E-state index contributed by atoms with van der Waals surface area (Å²) < 4.78 is 1.05. The SMILES string of the molecule is C[C@H](CCCI)N1C(=O)c2ccccc2C1=O. The first kappa shape index (κ1) is 12.5. The average Bonchev–Trinajstić information content (AvgIpc) is 2.60. The molecule has 0 spiro atoms. The van der Waals surface area contributed by atoms with Crippen molar-refractivity contribution in [2.45, 2.75) is 25.8 Å². The van der Waals surface area contributed by atoms with Gasteiger partial charge in [0.25, 0.3) is 11.8 Å². The maximum atomic E-state index is 12.1. The van der Waals surface area contributed by atoms with Crippen LogP contribution in [0, 0.1) is 0 Å². The summed E-state index contributed by atoms with van der Waals surface area (Å²) in [7, 11) is 0. The molecule has 1 aliphatic heterocycles. The van der Waals surface area contributed by atoms with Crippen molar-refractivity contribution >= 4 is 34.4 Å². The van der Waals surface area contributed by atoms with Crippen LogP contribution in [0.15, 0.2) is 24.3 Å². The van der Waals surface area contributed by atoms with Crippen LogP contribution in [0.1, 0.15) is 40.5 Å². The third-order valence-corrected chi connectivity index (χ3v) is 3.78. The molecule has 2 rings (SSSR count). The Morgan fingerprint density at radius 2 is 1.71 bits per heavy atom. The molecule has 90 valence electrons. The molecule has 1 heterocycles. The fourth-order valence-corrected chi connectivity index (χ4v) is 2.55. The van der Waals surface area contributed by atoms with Crippen molar-refractivity contribution < 1.29 is 9.59 Å². The Labute approximate surface area is 114 Å². The number of hydrogen-bond acceptors (Lipinski definition) is 2. The van der Waals surface area contributed by atoms with Crippen molar-refractivity contribution in [2.24, 2.45) is 0 Å². The molecule has 0 aromatic heterocycles. The first-order valence-corrected chi connectivity index (χ1v) is 7.22. The maximum Gasteiger partial charge on any atom is 0.261 e. The third-order valence-electron chi connectivity index (χ3n) is 3.02. The highest BCUT2D eigenvalue weighted by Crippen LogP contribution is 2.25. The van der Waals surface area contributed by atoms with E-state index in [1.807, 2.05) is 6.92 Å². The van der Waals surface area contributed by atoms with Crippen LogP contribution in [-0.2, 0) is 0 Å². The number of benzene rings is 1. The van der Waals surface area contributed by atoms with Crippen LogP contribution in [-0.4, -0.2) is 27.2 Å². The van der Waals surface area contributed by atoms with Crippen LogP contribution in [0.4, 0.5) is 0 Å². The molecular weight excluding hydrogens is 329 g/mol. The van der Waals surface area contributed by atoms with Gasteiger partial charge in [-0.3, -0.25) is 14.5 Å². The second kappa shape index (κ2) is 5.16. The zero-order valence-corrected chi connectivity index (χ0v) is 11.8. The molecule has 0 aliphatic carbocycles. The van der Waals surface area contributed by atoms with E-state index in [0.29, 0.717) is 11.1 Å². The fourth-order valence-electron chi connectivity index (χ4n) is 2.11. The minimum Gasteiger partial charge on any atom is -0.272 e. The van der Waals surface area contributed by atoms with Gasteiger partial charge in [0, 0.05) is 6.04 Å². The van der Waals surface area contributed by atoms with Gasteiger partial charge in [-0.2, -0.15) is 0 Å². The van der Waals surface area contributed by atoms with E-state index in [9.17, 15) is 9.59 Å². The number of carbonyl (C=O) groups excluding carboxylic acids is 2. The summed E-state index contributed by atoms with van der Waals surface area (Å²) in [5, 5.41) is 0. The zero-order chi connectivity index (χ0) is 12.4. The summed E-state index contributed by atoms with van der Waals surface area (Å²) in [6.45, 7) is 1.94. The van der Waals surface area contributed by atoms with Gasteiger partial charge in [-0.25, -0.2) is 0 Å². The van der Waals surface area contributed by atoms with Crippen LogP contribution in [0.3, 0.4) is 0 Å². The second-order valence-corrected chi connectivity index (χ2v) is 5.28. The predicted octanol–water partition coefficient (Wildman–Crippen LogP) is 2.89. The first-order chi connectivity index (χ1) is 8.16. The van der Waals surface area contributed by atoms with Crippen LogP contribution in [0.5, 0.6) is 0 Å². The summed E-state index contributed by atoms with van der Waals surface area (Å²) in [5.74, 6) is -0.293. The molecule has 0 fully saturated rings. The summed E-state index contributed by atoms with van der Waals surface area (Å²) in [6, 6.07) is 7.02. The number of carbonyl (C=O) groups is 2. The standard InChI is InChI=1S/C13H14INO2/c1-9(5-4-8-14)15-12(16)10-6-2-3-7-11(10)13(15)17/h2-3,6-7,9H,4-5,8H2,1H3/t9-/m1/s1. The highest BCUT2D eigenvalue weighted by atomic mass is 127. The molecule has 4 heteroatoms. The molecular formula is C13H14INO2. The van der Waals surface area contributed by atoms with E-state index in [4.69, 9.17) is 0 Å². The number of rotatable bonds is 4. The summed E-state index contributed by atoms with van der Waals surface area (Å²) >= 11 is 2.31. The first-order valence-electron chi connectivity index (χ1n) is 5.69. The minimum atomic E-state index is -0.147. The molecule has 0 radical (unpaired) electrons. The molecule has 2 amide bonds. The lowest BCUT2D eigenvalue weighted by atomic mass is 10.1. The van der Waals surface area contributed by atoms with Crippen molar-refractivity contribution in [1.29, 1.82) is 0 Å². The lowest BCUT2D eigenvalue weighted by Gasteiger charge is -2.22. The number of hydrogen-bond donors (Lipinski definition) is 0. The average molecular weight is 343 g/mol. The van der Waals surface area contributed by atoms with E-state index >= 15 is 0 Å². The van der Waals surface area contributed by atoms with Crippen molar-refractivity contribution in [1.82, 2.24) is 4.90 Å². The van der Waals surface area contributed by atoms with Gasteiger partial charge in [0.05, 0.1) is 11.1 Å². The van der Waals surface area contributed by atoms with E-state index in [0.717, 1.165) is 17.3 Å². The predicted molar refractivity (Wildman–Crippen MR) is 74.5 cm³/mol. The van der Waals surface area contributed by atoms with Crippen molar-refractivity contribution in [2.75, 3.05) is 4.43 Å². The lowest BCUT2D eigenvalue weighted by molar-refractivity contribution is 0.0590. The van der Waals surface area contributed by atoms with E-state index < -0.39 is 0 Å². The number of halogens is 1. The summed E-state index contributed by atoms with van der Waals surface area (Å²) in [5.41, 5.74) is 1.08. The molecule has 3 nitrogen and oxygen atoms in total. The maximum absolute atomic E-state index is 12.1. The molecule has 1 aromatic rings. The van der Waals surface area contributed by atoms with Crippen LogP contribution in [0.25, 0.3) is 0 Å². The Balaban J connectivity index is 2.24. The molecule has 1 atom stereocenters.